The second-order valence-electron chi connectivity index (χ2n) is 6.56. The summed E-state index contributed by atoms with van der Waals surface area (Å²) in [5, 5.41) is 0. The van der Waals surface area contributed by atoms with Gasteiger partial charge in [-0.15, -0.1) is 0 Å². The Kier molecular flexibility index (Phi) is 3.81. The average molecular weight is 326 g/mol. The average Bonchev–Trinajstić information content (AvgIpc) is 2.92. The number of carbonyl (C=O) groups is 1. The second-order valence-corrected chi connectivity index (χ2v) is 6.56. The lowest BCUT2D eigenvalue weighted by Crippen LogP contribution is -2.45. The first-order valence-electron chi connectivity index (χ1n) is 8.25. The fourth-order valence-corrected chi connectivity index (χ4v) is 3.79. The van der Waals surface area contributed by atoms with E-state index in [0.29, 0.717) is 31.9 Å². The Bertz CT molecular complexity index is 771. The highest BCUT2D eigenvalue weighted by Crippen LogP contribution is 2.37. The van der Waals surface area contributed by atoms with E-state index in [-0.39, 0.29) is 17.1 Å². The zero-order chi connectivity index (χ0) is 16.6. The summed E-state index contributed by atoms with van der Waals surface area (Å²) in [6.07, 6.45) is 3.28. The predicted molar refractivity (Wildman–Crippen MR) is 87.1 cm³/mol. The van der Waals surface area contributed by atoms with Crippen molar-refractivity contribution in [2.45, 2.75) is 24.8 Å². The SMILES string of the molecule is O=C1c2cccnc2CN1CC1(c2cccc(F)c2)CCOCC1. The lowest BCUT2D eigenvalue weighted by atomic mass is 9.73. The number of nitrogens with zero attached hydrogens (tertiary/aromatic N) is 2. The van der Waals surface area contributed by atoms with E-state index in [1.165, 1.54) is 6.07 Å². The first-order valence-corrected chi connectivity index (χ1v) is 8.25. The highest BCUT2D eigenvalue weighted by Gasteiger charge is 2.40. The van der Waals surface area contributed by atoms with Crippen molar-refractivity contribution in [3.05, 3.63) is 65.2 Å². The molecular formula is C19H19FN2O2. The number of fused-ring (bicyclic) bond motifs is 1. The molecule has 3 heterocycles. The Morgan fingerprint density at radius 1 is 1.21 bits per heavy atom. The largest absolute Gasteiger partial charge is 0.381 e. The fourth-order valence-electron chi connectivity index (χ4n) is 3.79. The van der Waals surface area contributed by atoms with Crippen molar-refractivity contribution in [2.24, 2.45) is 0 Å². The van der Waals surface area contributed by atoms with Crippen LogP contribution in [0, 0.1) is 5.82 Å². The summed E-state index contributed by atoms with van der Waals surface area (Å²) < 4.78 is 19.3. The summed E-state index contributed by atoms with van der Waals surface area (Å²) in [6.45, 7) is 2.34. The van der Waals surface area contributed by atoms with Gasteiger partial charge in [0.2, 0.25) is 0 Å². The smallest absolute Gasteiger partial charge is 0.256 e. The van der Waals surface area contributed by atoms with Gasteiger partial charge in [-0.2, -0.15) is 0 Å². The van der Waals surface area contributed by atoms with E-state index in [9.17, 15) is 9.18 Å². The van der Waals surface area contributed by atoms with Gasteiger partial charge in [0.15, 0.2) is 0 Å². The van der Waals surface area contributed by atoms with Gasteiger partial charge in [0.25, 0.3) is 5.91 Å². The van der Waals surface area contributed by atoms with E-state index in [4.69, 9.17) is 4.74 Å². The van der Waals surface area contributed by atoms with Crippen LogP contribution >= 0.6 is 0 Å². The molecule has 1 amide bonds. The molecule has 124 valence electrons. The van der Waals surface area contributed by atoms with Gasteiger partial charge in [-0.25, -0.2) is 4.39 Å². The van der Waals surface area contributed by atoms with Gasteiger partial charge in [-0.1, -0.05) is 12.1 Å². The zero-order valence-corrected chi connectivity index (χ0v) is 13.4. The quantitative estimate of drug-likeness (QED) is 0.871. The van der Waals surface area contributed by atoms with Gasteiger partial charge in [0.05, 0.1) is 17.8 Å². The number of carbonyl (C=O) groups excluding carboxylic acids is 1. The molecule has 2 aliphatic heterocycles. The summed E-state index contributed by atoms with van der Waals surface area (Å²) in [5.74, 6) is -0.226. The minimum atomic E-state index is -0.266. The van der Waals surface area contributed by atoms with E-state index >= 15 is 0 Å². The predicted octanol–water partition coefficient (Wildman–Crippen LogP) is 2.92. The number of hydrogen-bond acceptors (Lipinski definition) is 3. The number of halogens is 1. The van der Waals surface area contributed by atoms with Crippen molar-refractivity contribution in [1.29, 1.82) is 0 Å². The van der Waals surface area contributed by atoms with E-state index in [2.05, 4.69) is 4.98 Å². The molecule has 0 N–H and O–H groups in total. The van der Waals surface area contributed by atoms with Crippen molar-refractivity contribution in [2.75, 3.05) is 19.8 Å². The molecule has 0 spiro atoms. The first kappa shape index (κ1) is 15.3. The van der Waals surface area contributed by atoms with Crippen molar-refractivity contribution < 1.29 is 13.9 Å². The minimum Gasteiger partial charge on any atom is -0.381 e. The molecule has 2 aromatic rings. The minimum absolute atomic E-state index is 0.0142. The van der Waals surface area contributed by atoms with Gasteiger partial charge in [-0.3, -0.25) is 9.78 Å². The maximum Gasteiger partial charge on any atom is 0.256 e. The van der Waals surface area contributed by atoms with Crippen LogP contribution in [-0.2, 0) is 16.7 Å². The number of pyridine rings is 1. The van der Waals surface area contributed by atoms with Crippen LogP contribution in [0.1, 0.15) is 34.5 Å². The monoisotopic (exact) mass is 326 g/mol. The summed E-state index contributed by atoms with van der Waals surface area (Å²) >= 11 is 0. The van der Waals surface area contributed by atoms with E-state index in [1.54, 1.807) is 24.4 Å². The molecule has 1 aromatic heterocycles. The van der Waals surface area contributed by atoms with Gasteiger partial charge >= 0.3 is 0 Å². The summed E-state index contributed by atoms with van der Waals surface area (Å²) in [4.78, 5) is 18.8. The first-order chi connectivity index (χ1) is 11.7. The third-order valence-corrected chi connectivity index (χ3v) is 5.13. The van der Waals surface area contributed by atoms with Crippen LogP contribution in [0.3, 0.4) is 0 Å². The maximum atomic E-state index is 13.8. The van der Waals surface area contributed by atoms with Crippen LogP contribution < -0.4 is 0 Å². The van der Waals surface area contributed by atoms with Crippen molar-refractivity contribution in [3.8, 4) is 0 Å². The Morgan fingerprint density at radius 3 is 2.79 bits per heavy atom. The van der Waals surface area contributed by atoms with E-state index in [0.717, 1.165) is 24.1 Å². The molecule has 0 radical (unpaired) electrons. The number of hydrogen-bond donors (Lipinski definition) is 0. The van der Waals surface area contributed by atoms with Crippen LogP contribution in [0.4, 0.5) is 4.39 Å². The molecule has 0 unspecified atom stereocenters. The van der Waals surface area contributed by atoms with Gasteiger partial charge in [0, 0.05) is 31.4 Å². The highest BCUT2D eigenvalue weighted by molar-refractivity contribution is 5.97. The third-order valence-electron chi connectivity index (χ3n) is 5.13. The van der Waals surface area contributed by atoms with Crippen LogP contribution in [0.5, 0.6) is 0 Å². The van der Waals surface area contributed by atoms with Crippen LogP contribution in [0.25, 0.3) is 0 Å². The highest BCUT2D eigenvalue weighted by atomic mass is 19.1. The Labute approximate surface area is 140 Å². The molecular weight excluding hydrogens is 307 g/mol. The molecule has 0 aliphatic carbocycles. The summed E-state index contributed by atoms with van der Waals surface area (Å²) in [7, 11) is 0. The number of rotatable bonds is 3. The lowest BCUT2D eigenvalue weighted by molar-refractivity contribution is 0.0314. The standard InChI is InChI=1S/C19H19FN2O2/c20-15-4-1-3-14(11-15)19(6-9-24-10-7-19)13-22-12-17-16(18(22)23)5-2-8-21-17/h1-5,8,11H,6-7,9-10,12-13H2. The second kappa shape index (κ2) is 5.98. The van der Waals surface area contributed by atoms with Gasteiger partial charge in [-0.05, 0) is 42.7 Å². The fraction of sp³-hybridized carbons (Fsp3) is 0.368. The lowest BCUT2D eigenvalue weighted by Gasteiger charge is -2.40. The molecule has 0 bridgehead atoms. The maximum absolute atomic E-state index is 13.8. The molecule has 5 heteroatoms. The molecule has 1 aromatic carbocycles. The van der Waals surface area contributed by atoms with Gasteiger partial charge < -0.3 is 9.64 Å². The molecule has 0 atom stereocenters. The molecule has 0 saturated carbocycles. The van der Waals surface area contributed by atoms with Crippen molar-refractivity contribution in [3.63, 3.8) is 0 Å². The van der Waals surface area contributed by atoms with E-state index in [1.807, 2.05) is 17.0 Å². The van der Waals surface area contributed by atoms with Gasteiger partial charge in [0.1, 0.15) is 5.82 Å². The molecule has 1 saturated heterocycles. The van der Waals surface area contributed by atoms with Crippen molar-refractivity contribution in [1.82, 2.24) is 9.88 Å². The molecule has 4 rings (SSSR count). The van der Waals surface area contributed by atoms with Crippen molar-refractivity contribution >= 4 is 5.91 Å². The summed E-state index contributed by atoms with van der Waals surface area (Å²) in [6, 6.07) is 10.4. The number of benzene rings is 1. The number of aromatic nitrogens is 1. The Balaban J connectivity index is 1.65. The third kappa shape index (κ3) is 2.59. The summed E-state index contributed by atoms with van der Waals surface area (Å²) in [5.41, 5.74) is 2.18. The van der Waals surface area contributed by atoms with Crippen LogP contribution in [0.15, 0.2) is 42.6 Å². The van der Waals surface area contributed by atoms with Crippen LogP contribution in [-0.4, -0.2) is 35.5 Å². The number of amides is 1. The van der Waals surface area contributed by atoms with E-state index < -0.39 is 0 Å². The Hall–Kier alpha value is -2.27. The molecule has 24 heavy (non-hydrogen) atoms. The number of ether oxygens (including phenoxy) is 1. The Morgan fingerprint density at radius 2 is 2.04 bits per heavy atom. The molecule has 1 fully saturated rings. The zero-order valence-electron chi connectivity index (χ0n) is 13.4. The van der Waals surface area contributed by atoms with Crippen LogP contribution in [0.2, 0.25) is 0 Å². The normalized spacial score (nSPS) is 19.4. The molecule has 4 nitrogen and oxygen atoms in total. The molecule has 2 aliphatic rings. The topological polar surface area (TPSA) is 42.4 Å².